The van der Waals surface area contributed by atoms with Crippen LogP contribution in [0.1, 0.15) is 40.8 Å². The third kappa shape index (κ3) is 2.55. The minimum Gasteiger partial charge on any atom is -0.261 e. The van der Waals surface area contributed by atoms with Gasteiger partial charge in [0.1, 0.15) is 0 Å². The van der Waals surface area contributed by atoms with E-state index in [1.807, 2.05) is 13.1 Å². The average Bonchev–Trinajstić information content (AvgIpc) is 2.32. The SMILES string of the molecule is Cc1ccc(C)c(C(C)c2ccc(C)nc2)c1. The van der Waals surface area contributed by atoms with E-state index in [1.54, 1.807) is 0 Å². The topological polar surface area (TPSA) is 12.9 Å². The number of aromatic nitrogens is 1. The van der Waals surface area contributed by atoms with Crippen molar-refractivity contribution in [3.05, 3.63) is 64.5 Å². The molecule has 88 valence electrons. The third-order valence-corrected chi connectivity index (χ3v) is 3.34. The zero-order valence-corrected chi connectivity index (χ0v) is 11.0. The highest BCUT2D eigenvalue weighted by Gasteiger charge is 2.11. The van der Waals surface area contributed by atoms with Crippen molar-refractivity contribution in [3.63, 3.8) is 0 Å². The molecule has 0 aliphatic carbocycles. The van der Waals surface area contributed by atoms with Gasteiger partial charge < -0.3 is 0 Å². The number of hydrogen-bond acceptors (Lipinski definition) is 1. The molecule has 0 aliphatic rings. The van der Waals surface area contributed by atoms with Crippen molar-refractivity contribution in [3.8, 4) is 0 Å². The molecule has 1 aromatic carbocycles. The number of hydrogen-bond donors (Lipinski definition) is 0. The predicted octanol–water partition coefficient (Wildman–Crippen LogP) is 4.16. The van der Waals surface area contributed by atoms with Crippen LogP contribution in [0.4, 0.5) is 0 Å². The van der Waals surface area contributed by atoms with Gasteiger partial charge in [-0.15, -0.1) is 0 Å². The molecule has 0 saturated carbocycles. The first-order valence-electron chi connectivity index (χ1n) is 6.07. The molecule has 1 heterocycles. The van der Waals surface area contributed by atoms with E-state index in [-0.39, 0.29) is 0 Å². The molecule has 1 aromatic heterocycles. The molecule has 17 heavy (non-hydrogen) atoms. The Hall–Kier alpha value is -1.63. The molecular weight excluding hydrogens is 206 g/mol. The van der Waals surface area contributed by atoms with Crippen LogP contribution in [0.2, 0.25) is 0 Å². The maximum Gasteiger partial charge on any atom is 0.0372 e. The van der Waals surface area contributed by atoms with Gasteiger partial charge in [0.05, 0.1) is 0 Å². The summed E-state index contributed by atoms with van der Waals surface area (Å²) < 4.78 is 0. The molecule has 2 rings (SSSR count). The fourth-order valence-corrected chi connectivity index (χ4v) is 2.14. The fourth-order valence-electron chi connectivity index (χ4n) is 2.14. The fraction of sp³-hybridized carbons (Fsp3) is 0.312. The lowest BCUT2D eigenvalue weighted by atomic mass is 9.90. The first-order valence-corrected chi connectivity index (χ1v) is 6.07. The zero-order valence-electron chi connectivity index (χ0n) is 11.0. The Morgan fingerprint density at radius 3 is 2.41 bits per heavy atom. The quantitative estimate of drug-likeness (QED) is 0.748. The molecule has 2 aromatic rings. The Morgan fingerprint density at radius 1 is 1.00 bits per heavy atom. The summed E-state index contributed by atoms with van der Waals surface area (Å²) in [7, 11) is 0. The lowest BCUT2D eigenvalue weighted by Gasteiger charge is -2.15. The summed E-state index contributed by atoms with van der Waals surface area (Å²) in [6.45, 7) is 8.58. The van der Waals surface area contributed by atoms with Gasteiger partial charge in [-0.2, -0.15) is 0 Å². The van der Waals surface area contributed by atoms with Gasteiger partial charge in [-0.1, -0.05) is 36.8 Å². The summed E-state index contributed by atoms with van der Waals surface area (Å²) in [4.78, 5) is 4.38. The first kappa shape index (κ1) is 11.8. The van der Waals surface area contributed by atoms with E-state index in [1.165, 1.54) is 22.3 Å². The Morgan fingerprint density at radius 2 is 1.76 bits per heavy atom. The molecule has 1 unspecified atom stereocenters. The number of pyridine rings is 1. The Labute approximate surface area is 104 Å². The maximum atomic E-state index is 4.38. The second kappa shape index (κ2) is 4.70. The van der Waals surface area contributed by atoms with E-state index in [0.717, 1.165) is 5.69 Å². The Balaban J connectivity index is 2.39. The lowest BCUT2D eigenvalue weighted by molar-refractivity contribution is 0.894. The third-order valence-electron chi connectivity index (χ3n) is 3.34. The molecule has 1 heteroatoms. The van der Waals surface area contributed by atoms with Gasteiger partial charge in [0.15, 0.2) is 0 Å². The highest BCUT2D eigenvalue weighted by atomic mass is 14.7. The molecule has 0 aliphatic heterocycles. The summed E-state index contributed by atoms with van der Waals surface area (Å²) >= 11 is 0. The molecule has 0 fully saturated rings. The largest absolute Gasteiger partial charge is 0.261 e. The molecule has 0 spiro atoms. The number of nitrogens with zero attached hydrogens (tertiary/aromatic N) is 1. The van der Waals surface area contributed by atoms with E-state index in [9.17, 15) is 0 Å². The van der Waals surface area contributed by atoms with Crippen LogP contribution < -0.4 is 0 Å². The minimum absolute atomic E-state index is 0.406. The van der Waals surface area contributed by atoms with Crippen LogP contribution in [0.3, 0.4) is 0 Å². The molecular formula is C16H19N. The van der Waals surface area contributed by atoms with Gasteiger partial charge in [0.25, 0.3) is 0 Å². The highest BCUT2D eigenvalue weighted by molar-refractivity contribution is 5.38. The van der Waals surface area contributed by atoms with Gasteiger partial charge in [-0.05, 0) is 43.5 Å². The van der Waals surface area contributed by atoms with Crippen molar-refractivity contribution in [2.75, 3.05) is 0 Å². The monoisotopic (exact) mass is 225 g/mol. The summed E-state index contributed by atoms with van der Waals surface area (Å²) in [5.74, 6) is 0.406. The summed E-state index contributed by atoms with van der Waals surface area (Å²) in [5.41, 5.74) is 6.42. The van der Waals surface area contributed by atoms with Crippen molar-refractivity contribution in [2.45, 2.75) is 33.6 Å². The predicted molar refractivity (Wildman–Crippen MR) is 72.4 cm³/mol. The van der Waals surface area contributed by atoms with Crippen molar-refractivity contribution >= 4 is 0 Å². The van der Waals surface area contributed by atoms with E-state index in [0.29, 0.717) is 5.92 Å². The Kier molecular flexibility index (Phi) is 3.28. The van der Waals surface area contributed by atoms with Crippen molar-refractivity contribution in [1.29, 1.82) is 0 Å². The first-order chi connectivity index (χ1) is 8.08. The molecule has 0 radical (unpaired) electrons. The van der Waals surface area contributed by atoms with Crippen LogP contribution in [0, 0.1) is 20.8 Å². The molecule has 0 N–H and O–H groups in total. The second-order valence-electron chi connectivity index (χ2n) is 4.81. The van der Waals surface area contributed by atoms with Crippen molar-refractivity contribution < 1.29 is 0 Å². The minimum atomic E-state index is 0.406. The van der Waals surface area contributed by atoms with Crippen LogP contribution in [-0.4, -0.2) is 4.98 Å². The lowest BCUT2D eigenvalue weighted by Crippen LogP contribution is -2.00. The normalized spacial score (nSPS) is 12.5. The molecule has 0 bridgehead atoms. The van der Waals surface area contributed by atoms with Crippen LogP contribution in [-0.2, 0) is 0 Å². The van der Waals surface area contributed by atoms with Gasteiger partial charge in [-0.3, -0.25) is 4.98 Å². The van der Waals surface area contributed by atoms with Crippen molar-refractivity contribution in [2.24, 2.45) is 0 Å². The zero-order chi connectivity index (χ0) is 12.4. The summed E-state index contributed by atoms with van der Waals surface area (Å²) in [6.07, 6.45) is 1.99. The van der Waals surface area contributed by atoms with Crippen LogP contribution in [0.5, 0.6) is 0 Å². The van der Waals surface area contributed by atoms with Crippen LogP contribution in [0.25, 0.3) is 0 Å². The van der Waals surface area contributed by atoms with Gasteiger partial charge in [0, 0.05) is 17.8 Å². The Bertz CT molecular complexity index is 512. The van der Waals surface area contributed by atoms with Gasteiger partial charge in [0.2, 0.25) is 0 Å². The molecule has 0 saturated heterocycles. The number of aryl methyl sites for hydroxylation is 3. The van der Waals surface area contributed by atoms with E-state index in [4.69, 9.17) is 0 Å². The van der Waals surface area contributed by atoms with Crippen LogP contribution >= 0.6 is 0 Å². The maximum absolute atomic E-state index is 4.38. The number of rotatable bonds is 2. The molecule has 1 nitrogen and oxygen atoms in total. The smallest absolute Gasteiger partial charge is 0.0372 e. The van der Waals surface area contributed by atoms with Gasteiger partial charge in [-0.25, -0.2) is 0 Å². The van der Waals surface area contributed by atoms with Crippen LogP contribution in [0.15, 0.2) is 36.5 Å². The summed E-state index contributed by atoms with van der Waals surface area (Å²) in [6, 6.07) is 10.9. The molecule has 1 atom stereocenters. The standard InChI is InChI=1S/C16H19N/c1-11-5-6-12(2)16(9-11)14(4)15-8-7-13(3)17-10-15/h5-10,14H,1-4H3. The summed E-state index contributed by atoms with van der Waals surface area (Å²) in [5, 5.41) is 0. The highest BCUT2D eigenvalue weighted by Crippen LogP contribution is 2.27. The van der Waals surface area contributed by atoms with E-state index < -0.39 is 0 Å². The average molecular weight is 225 g/mol. The van der Waals surface area contributed by atoms with Gasteiger partial charge >= 0.3 is 0 Å². The second-order valence-corrected chi connectivity index (χ2v) is 4.81. The molecule has 0 amide bonds. The number of benzene rings is 1. The van der Waals surface area contributed by atoms with E-state index >= 15 is 0 Å². The van der Waals surface area contributed by atoms with Crippen molar-refractivity contribution in [1.82, 2.24) is 4.98 Å². The van der Waals surface area contributed by atoms with E-state index in [2.05, 4.69) is 56.1 Å².